The van der Waals surface area contributed by atoms with Crippen LogP contribution in [0.2, 0.25) is 0 Å². The van der Waals surface area contributed by atoms with Crippen LogP contribution in [0.3, 0.4) is 0 Å². The summed E-state index contributed by atoms with van der Waals surface area (Å²) in [6, 6.07) is 18.6. The number of fused-ring (bicyclic) bond motifs is 1. The van der Waals surface area contributed by atoms with Crippen LogP contribution in [0, 0.1) is 16.7 Å². The number of hydrogen-bond acceptors (Lipinski definition) is 6. The predicted octanol–water partition coefficient (Wildman–Crippen LogP) is 4.95. The topological polar surface area (TPSA) is 86.6 Å². The number of hydrogen-bond donors (Lipinski definition) is 0. The average Bonchev–Trinajstić information content (AvgIpc) is 3.51. The van der Waals surface area contributed by atoms with Crippen LogP contribution >= 0.6 is 0 Å². The Kier molecular flexibility index (Phi) is 5.06. The van der Waals surface area contributed by atoms with Gasteiger partial charge in [0.15, 0.2) is 11.5 Å². The van der Waals surface area contributed by atoms with Gasteiger partial charge in [-0.05, 0) is 61.4 Å². The Hall–Kier alpha value is -4.18. The van der Waals surface area contributed by atoms with Crippen molar-refractivity contribution < 1.29 is 18.6 Å². The fourth-order valence-electron chi connectivity index (χ4n) is 3.72. The monoisotopic (exact) mass is 442 g/mol. The molecular weight excluding hydrogens is 420 g/mol. The van der Waals surface area contributed by atoms with E-state index in [0.717, 1.165) is 24.2 Å². The van der Waals surface area contributed by atoms with E-state index in [0.29, 0.717) is 40.5 Å². The van der Waals surface area contributed by atoms with E-state index < -0.39 is 0 Å². The van der Waals surface area contributed by atoms with Crippen LogP contribution in [-0.2, 0) is 0 Å². The fourth-order valence-corrected chi connectivity index (χ4v) is 3.72. The molecule has 0 N–H and O–H groups in total. The van der Waals surface area contributed by atoms with Gasteiger partial charge in [-0.25, -0.2) is 0 Å². The molecule has 2 aromatic carbocycles. The second-order valence-electron chi connectivity index (χ2n) is 8.12. The van der Waals surface area contributed by atoms with Crippen LogP contribution < -0.4 is 19.8 Å². The molecule has 0 amide bonds. The third kappa shape index (κ3) is 3.80. The Morgan fingerprint density at radius 3 is 2.48 bits per heavy atom. The van der Waals surface area contributed by atoms with E-state index in [9.17, 15) is 10.1 Å². The number of ether oxygens (including phenoxy) is 3. The maximum atomic E-state index is 13.2. The lowest BCUT2D eigenvalue weighted by molar-refractivity contribution is 0.255. The Balaban J connectivity index is 1.47. The number of nitriles is 1. The van der Waals surface area contributed by atoms with Gasteiger partial charge < -0.3 is 18.6 Å². The molecule has 0 aliphatic heterocycles. The number of pyridine rings is 1. The van der Waals surface area contributed by atoms with Crippen LogP contribution in [0.15, 0.2) is 70.0 Å². The summed E-state index contributed by atoms with van der Waals surface area (Å²) < 4.78 is 24.0. The molecule has 1 aliphatic rings. The van der Waals surface area contributed by atoms with Crippen molar-refractivity contribution in [3.05, 3.63) is 71.1 Å². The molecule has 0 atom stereocenters. The van der Waals surface area contributed by atoms with Gasteiger partial charge in [-0.3, -0.25) is 9.36 Å². The molecular formula is C26H22N2O5. The highest BCUT2D eigenvalue weighted by molar-refractivity contribution is 5.82. The minimum Gasteiger partial charge on any atom is -0.497 e. The lowest BCUT2D eigenvalue weighted by Gasteiger charge is -2.14. The molecule has 1 saturated carbocycles. The second kappa shape index (κ2) is 8.06. The summed E-state index contributed by atoms with van der Waals surface area (Å²) in [5.74, 6) is 2.40. The number of aromatic nitrogens is 1. The minimum atomic E-state index is -0.380. The molecule has 5 rings (SSSR count). The van der Waals surface area contributed by atoms with E-state index in [1.807, 2.05) is 24.3 Å². The third-order valence-electron chi connectivity index (χ3n) is 5.98. The van der Waals surface area contributed by atoms with Crippen LogP contribution in [0.25, 0.3) is 28.0 Å². The molecule has 4 aromatic rings. The minimum absolute atomic E-state index is 0.201. The molecule has 33 heavy (non-hydrogen) atoms. The number of nitrogens with zero attached hydrogens (tertiary/aromatic N) is 2. The first-order valence-electron chi connectivity index (χ1n) is 10.6. The molecule has 0 unspecified atom stereocenters. The predicted molar refractivity (Wildman–Crippen MR) is 123 cm³/mol. The summed E-state index contributed by atoms with van der Waals surface area (Å²) in [5, 5.41) is 9.74. The van der Waals surface area contributed by atoms with E-state index in [4.69, 9.17) is 18.6 Å². The smallest absolute Gasteiger partial charge is 0.266 e. The van der Waals surface area contributed by atoms with Crippen molar-refractivity contribution in [2.24, 2.45) is 5.41 Å². The van der Waals surface area contributed by atoms with Crippen LogP contribution in [0.1, 0.15) is 12.8 Å². The highest BCUT2D eigenvalue weighted by atomic mass is 16.5. The van der Waals surface area contributed by atoms with E-state index in [2.05, 4.69) is 6.07 Å². The molecule has 166 valence electrons. The first kappa shape index (κ1) is 20.7. The first-order chi connectivity index (χ1) is 16.1. The quantitative estimate of drug-likeness (QED) is 0.402. The van der Waals surface area contributed by atoms with Crippen molar-refractivity contribution in [2.75, 3.05) is 20.8 Å². The lowest BCUT2D eigenvalue weighted by atomic mass is 10.1. The fraction of sp³-hybridized carbons (Fsp3) is 0.231. The SMILES string of the molecule is COc1ccc(-c2cc3c(=O)n(-c4ccc(OCC5(C#N)CC5)c(OC)c4)ccc3o2)cc1. The molecule has 0 radical (unpaired) electrons. The van der Waals surface area contributed by atoms with Crippen LogP contribution in [0.5, 0.6) is 17.2 Å². The average molecular weight is 442 g/mol. The zero-order chi connectivity index (χ0) is 23.0. The highest BCUT2D eigenvalue weighted by Crippen LogP contribution is 2.45. The maximum absolute atomic E-state index is 13.2. The van der Waals surface area contributed by atoms with Gasteiger partial charge in [0.2, 0.25) is 0 Å². The number of rotatable bonds is 7. The van der Waals surface area contributed by atoms with Gasteiger partial charge in [0.25, 0.3) is 5.56 Å². The zero-order valence-corrected chi connectivity index (χ0v) is 18.3. The standard InChI is InChI=1S/C26H22N2O5/c1-30-19-6-3-17(4-7-19)23-14-20-21(33-23)9-12-28(25(20)29)18-5-8-22(24(13-18)31-2)32-16-26(15-27)10-11-26/h3-9,12-14H,10-11,16H2,1-2H3. The van der Waals surface area contributed by atoms with Crippen molar-refractivity contribution in [3.8, 4) is 40.3 Å². The van der Waals surface area contributed by atoms with Gasteiger partial charge in [0.1, 0.15) is 23.7 Å². The normalized spacial score (nSPS) is 14.0. The molecule has 1 aliphatic carbocycles. The largest absolute Gasteiger partial charge is 0.497 e. The molecule has 2 heterocycles. The van der Waals surface area contributed by atoms with Gasteiger partial charge in [-0.15, -0.1) is 0 Å². The molecule has 0 saturated heterocycles. The van der Waals surface area contributed by atoms with Gasteiger partial charge >= 0.3 is 0 Å². The second-order valence-corrected chi connectivity index (χ2v) is 8.12. The number of methoxy groups -OCH3 is 2. The summed E-state index contributed by atoms with van der Waals surface area (Å²) >= 11 is 0. The molecule has 0 spiro atoms. The summed E-state index contributed by atoms with van der Waals surface area (Å²) in [6.45, 7) is 0.328. The maximum Gasteiger partial charge on any atom is 0.266 e. The Morgan fingerprint density at radius 2 is 1.82 bits per heavy atom. The number of benzene rings is 2. The van der Waals surface area contributed by atoms with Crippen molar-refractivity contribution in [1.82, 2.24) is 4.57 Å². The van der Waals surface area contributed by atoms with Crippen LogP contribution in [-0.4, -0.2) is 25.4 Å². The first-order valence-corrected chi connectivity index (χ1v) is 10.6. The van der Waals surface area contributed by atoms with Crippen molar-refractivity contribution >= 4 is 11.0 Å². The highest BCUT2D eigenvalue weighted by Gasteiger charge is 2.44. The summed E-state index contributed by atoms with van der Waals surface area (Å²) in [7, 11) is 3.16. The molecule has 7 nitrogen and oxygen atoms in total. The van der Waals surface area contributed by atoms with Crippen LogP contribution in [0.4, 0.5) is 0 Å². The van der Waals surface area contributed by atoms with E-state index in [1.165, 1.54) is 0 Å². The molecule has 2 aromatic heterocycles. The number of furan rings is 1. The zero-order valence-electron chi connectivity index (χ0n) is 18.3. The summed E-state index contributed by atoms with van der Waals surface area (Å²) in [4.78, 5) is 13.2. The van der Waals surface area contributed by atoms with Gasteiger partial charge in [-0.2, -0.15) is 5.26 Å². The van der Waals surface area contributed by atoms with E-state index in [-0.39, 0.29) is 11.0 Å². The molecule has 1 fully saturated rings. The molecule has 0 bridgehead atoms. The van der Waals surface area contributed by atoms with E-state index >= 15 is 0 Å². The lowest BCUT2D eigenvalue weighted by Crippen LogP contribution is -2.17. The third-order valence-corrected chi connectivity index (χ3v) is 5.98. The summed E-state index contributed by atoms with van der Waals surface area (Å²) in [6.07, 6.45) is 3.38. The van der Waals surface area contributed by atoms with Crippen molar-refractivity contribution in [1.29, 1.82) is 5.26 Å². The van der Waals surface area contributed by atoms with Gasteiger partial charge in [0.05, 0.1) is 36.8 Å². The van der Waals surface area contributed by atoms with E-state index in [1.54, 1.807) is 55.3 Å². The van der Waals surface area contributed by atoms with Crippen molar-refractivity contribution in [3.63, 3.8) is 0 Å². The molecule has 7 heteroatoms. The Bertz CT molecular complexity index is 1420. The van der Waals surface area contributed by atoms with Gasteiger partial charge in [-0.1, -0.05) is 0 Å². The van der Waals surface area contributed by atoms with Crippen molar-refractivity contribution in [2.45, 2.75) is 12.8 Å². The van der Waals surface area contributed by atoms with Gasteiger partial charge in [0, 0.05) is 17.8 Å². The Morgan fingerprint density at radius 1 is 1.03 bits per heavy atom. The Labute approximate surface area is 190 Å². The summed E-state index contributed by atoms with van der Waals surface area (Å²) in [5.41, 5.74) is 1.43.